The maximum atomic E-state index is 13.3. The number of amides is 1. The number of rotatable bonds is 10. The summed E-state index contributed by atoms with van der Waals surface area (Å²) in [5, 5.41) is 16.0. The van der Waals surface area contributed by atoms with Crippen LogP contribution in [0.1, 0.15) is 41.0 Å². The monoisotopic (exact) mass is 484 g/mol. The van der Waals surface area contributed by atoms with E-state index in [1.165, 1.54) is 0 Å². The number of ether oxygens (including phenoxy) is 3. The Kier molecular flexibility index (Phi) is 9.03. The van der Waals surface area contributed by atoms with E-state index in [0.29, 0.717) is 49.6 Å². The van der Waals surface area contributed by atoms with Crippen LogP contribution < -0.4 is 15.4 Å². The smallest absolute Gasteiger partial charge is 0.270 e. The van der Waals surface area contributed by atoms with Crippen molar-refractivity contribution < 1.29 is 24.1 Å². The van der Waals surface area contributed by atoms with Crippen LogP contribution in [0.5, 0.6) is 5.75 Å². The Labute approximate surface area is 206 Å². The molecule has 2 atom stereocenters. The summed E-state index contributed by atoms with van der Waals surface area (Å²) in [6.45, 7) is 5.32. The van der Waals surface area contributed by atoms with E-state index in [1.807, 2.05) is 31.2 Å². The number of carbonyl (C=O) groups excluding carboxylic acids is 1. The van der Waals surface area contributed by atoms with Gasteiger partial charge in [0.05, 0.1) is 0 Å². The van der Waals surface area contributed by atoms with Gasteiger partial charge >= 0.3 is 0 Å². The van der Waals surface area contributed by atoms with Crippen molar-refractivity contribution in [3.05, 3.63) is 41.2 Å². The van der Waals surface area contributed by atoms with Crippen LogP contribution in [0.4, 0.5) is 0 Å². The number of nitrogens with zero attached hydrogens (tertiary/aromatic N) is 2. The Morgan fingerprint density at radius 1 is 1.20 bits per heavy atom. The average Bonchev–Trinajstić information content (AvgIpc) is 3.38. The van der Waals surface area contributed by atoms with Gasteiger partial charge in [-0.3, -0.25) is 4.79 Å². The van der Waals surface area contributed by atoms with Gasteiger partial charge in [-0.25, -0.2) is 9.97 Å². The first-order valence-corrected chi connectivity index (χ1v) is 12.4. The largest absolute Gasteiger partial charge is 0.491 e. The zero-order chi connectivity index (χ0) is 24.6. The van der Waals surface area contributed by atoms with E-state index in [4.69, 9.17) is 24.2 Å². The molecule has 9 heteroatoms. The van der Waals surface area contributed by atoms with Crippen LogP contribution >= 0.6 is 0 Å². The lowest BCUT2D eigenvalue weighted by Crippen LogP contribution is -2.39. The van der Waals surface area contributed by atoms with Crippen molar-refractivity contribution >= 4 is 5.91 Å². The lowest BCUT2D eigenvalue weighted by atomic mass is 9.98. The molecule has 1 aromatic carbocycles. The van der Waals surface area contributed by atoms with E-state index in [-0.39, 0.29) is 18.6 Å². The normalized spacial score (nSPS) is 19.5. The van der Waals surface area contributed by atoms with E-state index in [9.17, 15) is 9.90 Å². The molecule has 2 aromatic rings. The van der Waals surface area contributed by atoms with Crippen molar-refractivity contribution in [3.63, 3.8) is 0 Å². The van der Waals surface area contributed by atoms with E-state index in [0.717, 1.165) is 49.1 Å². The Balaban J connectivity index is 1.60. The molecule has 9 nitrogen and oxygen atoms in total. The summed E-state index contributed by atoms with van der Waals surface area (Å²) in [7, 11) is 1.78. The number of aliphatic hydroxyl groups excluding tert-OH is 1. The van der Waals surface area contributed by atoms with Crippen LogP contribution in [-0.2, 0) is 15.9 Å². The Morgan fingerprint density at radius 2 is 2.00 bits per heavy atom. The summed E-state index contributed by atoms with van der Waals surface area (Å²) in [5.74, 6) is 1.30. The molecule has 2 unspecified atom stereocenters. The second-order valence-corrected chi connectivity index (χ2v) is 9.31. The highest BCUT2D eigenvalue weighted by Gasteiger charge is 2.25. The van der Waals surface area contributed by atoms with Crippen LogP contribution in [-0.4, -0.2) is 79.8 Å². The Hall–Kier alpha value is -2.59. The summed E-state index contributed by atoms with van der Waals surface area (Å²) in [6, 6.07) is 7.54. The quantitative estimate of drug-likeness (QED) is 0.469. The molecule has 1 amide bonds. The molecule has 1 aromatic heterocycles. The van der Waals surface area contributed by atoms with Gasteiger partial charge in [0.25, 0.3) is 5.91 Å². The van der Waals surface area contributed by atoms with Gasteiger partial charge in [-0.05, 0) is 57.7 Å². The first kappa shape index (κ1) is 25.5. The lowest BCUT2D eigenvalue weighted by Gasteiger charge is -2.23. The van der Waals surface area contributed by atoms with Crippen LogP contribution in [0, 0.1) is 12.8 Å². The Morgan fingerprint density at radius 3 is 2.74 bits per heavy atom. The molecule has 2 fully saturated rings. The number of aliphatic hydroxyl groups is 1. The summed E-state index contributed by atoms with van der Waals surface area (Å²) in [5.41, 5.74) is 2.85. The number of hydrogen-bond donors (Lipinski definition) is 3. The molecule has 2 aliphatic heterocycles. The molecular weight excluding hydrogens is 448 g/mol. The SMILES string of the molecule is CNCC(O)COc1cccc(-c2nc(CC3CCOC3)c(C)c(C(=O)NC3CCOCC3)n2)c1. The molecule has 35 heavy (non-hydrogen) atoms. The zero-order valence-corrected chi connectivity index (χ0v) is 20.6. The van der Waals surface area contributed by atoms with Crippen LogP contribution in [0.2, 0.25) is 0 Å². The van der Waals surface area contributed by atoms with Gasteiger partial charge < -0.3 is 30.0 Å². The molecule has 2 aliphatic rings. The van der Waals surface area contributed by atoms with Crippen LogP contribution in [0.3, 0.4) is 0 Å². The third kappa shape index (κ3) is 6.98. The first-order valence-electron chi connectivity index (χ1n) is 12.4. The van der Waals surface area contributed by atoms with Gasteiger partial charge in [0.1, 0.15) is 24.2 Å². The van der Waals surface area contributed by atoms with Gasteiger partial charge in [-0.2, -0.15) is 0 Å². The van der Waals surface area contributed by atoms with Gasteiger partial charge in [0.2, 0.25) is 0 Å². The van der Waals surface area contributed by atoms with Gasteiger partial charge in [0, 0.05) is 55.8 Å². The number of benzene rings is 1. The molecular formula is C26H36N4O5. The average molecular weight is 485 g/mol. The predicted octanol–water partition coefficient (Wildman–Crippen LogP) is 1.90. The molecule has 0 saturated carbocycles. The molecule has 0 bridgehead atoms. The lowest BCUT2D eigenvalue weighted by molar-refractivity contribution is 0.0693. The zero-order valence-electron chi connectivity index (χ0n) is 20.6. The maximum Gasteiger partial charge on any atom is 0.270 e. The molecule has 0 radical (unpaired) electrons. The number of carbonyl (C=O) groups is 1. The highest BCUT2D eigenvalue weighted by Crippen LogP contribution is 2.26. The molecule has 0 spiro atoms. The van der Waals surface area contributed by atoms with Gasteiger partial charge in [-0.1, -0.05) is 12.1 Å². The summed E-state index contributed by atoms with van der Waals surface area (Å²) >= 11 is 0. The fourth-order valence-corrected chi connectivity index (χ4v) is 4.44. The maximum absolute atomic E-state index is 13.3. The van der Waals surface area contributed by atoms with Crippen LogP contribution in [0.25, 0.3) is 11.4 Å². The minimum absolute atomic E-state index is 0.0847. The minimum Gasteiger partial charge on any atom is -0.491 e. The Bertz CT molecular complexity index is 990. The summed E-state index contributed by atoms with van der Waals surface area (Å²) in [6.07, 6.45) is 2.72. The summed E-state index contributed by atoms with van der Waals surface area (Å²) in [4.78, 5) is 22.9. The number of nitrogens with one attached hydrogen (secondary N) is 2. The molecule has 0 aliphatic carbocycles. The fourth-order valence-electron chi connectivity index (χ4n) is 4.44. The third-order valence-corrected chi connectivity index (χ3v) is 6.50. The molecule has 3 heterocycles. The van der Waals surface area contributed by atoms with Crippen molar-refractivity contribution in [1.29, 1.82) is 0 Å². The van der Waals surface area contributed by atoms with Gasteiger partial charge in [-0.15, -0.1) is 0 Å². The van der Waals surface area contributed by atoms with Crippen LogP contribution in [0.15, 0.2) is 24.3 Å². The second-order valence-electron chi connectivity index (χ2n) is 9.31. The number of aromatic nitrogens is 2. The highest BCUT2D eigenvalue weighted by atomic mass is 16.5. The highest BCUT2D eigenvalue weighted by molar-refractivity contribution is 5.94. The third-order valence-electron chi connectivity index (χ3n) is 6.50. The standard InChI is InChI=1S/C26H36N4O5/c1-17-23(12-18-6-9-34-15-18)29-25(30-24(17)26(32)28-20-7-10-33-11-8-20)19-4-3-5-22(13-19)35-16-21(31)14-27-2/h3-5,13,18,20-21,27,31H,6-12,14-16H2,1-2H3,(H,28,32). The molecule has 3 N–H and O–H groups in total. The van der Waals surface area contributed by atoms with Gasteiger partial charge in [0.15, 0.2) is 5.82 Å². The van der Waals surface area contributed by atoms with Crippen molar-refractivity contribution in [2.24, 2.45) is 5.92 Å². The summed E-state index contributed by atoms with van der Waals surface area (Å²) < 4.78 is 16.8. The predicted molar refractivity (Wildman–Crippen MR) is 132 cm³/mol. The number of hydrogen-bond acceptors (Lipinski definition) is 8. The van der Waals surface area contributed by atoms with Crippen molar-refractivity contribution in [3.8, 4) is 17.1 Å². The van der Waals surface area contributed by atoms with E-state index < -0.39 is 6.10 Å². The minimum atomic E-state index is -0.611. The van der Waals surface area contributed by atoms with E-state index in [1.54, 1.807) is 7.05 Å². The van der Waals surface area contributed by atoms with E-state index in [2.05, 4.69) is 10.6 Å². The molecule has 2 saturated heterocycles. The van der Waals surface area contributed by atoms with Crippen molar-refractivity contribution in [2.45, 2.75) is 44.8 Å². The fraction of sp³-hybridized carbons (Fsp3) is 0.577. The van der Waals surface area contributed by atoms with Crippen molar-refractivity contribution in [1.82, 2.24) is 20.6 Å². The second kappa shape index (κ2) is 12.4. The number of likely N-dealkylation sites (N-methyl/N-ethyl adjacent to an activating group) is 1. The molecule has 4 rings (SSSR count). The topological polar surface area (TPSA) is 115 Å². The van der Waals surface area contributed by atoms with Crippen molar-refractivity contribution in [2.75, 3.05) is 46.6 Å². The van der Waals surface area contributed by atoms with E-state index >= 15 is 0 Å². The molecule has 190 valence electrons. The first-order chi connectivity index (χ1) is 17.0.